The van der Waals surface area contributed by atoms with Crippen molar-refractivity contribution in [2.75, 3.05) is 20.8 Å². The standard InChI is InChI=1S/C24H29N5O6/c1-5-35-22(32)14-29-24(26-27-28-29)23(17-10-11-19(33-3)20(12-17)34-4)25-18(13-21(30)31)16-8-6-15(2)7-9-16/h6-12,18,23,25H,5,13-14H2,1-4H3,(H,30,31). The third-order valence-corrected chi connectivity index (χ3v) is 5.37. The molecular formula is C24H29N5O6. The Kier molecular flexibility index (Phi) is 8.74. The Morgan fingerprint density at radius 2 is 1.74 bits per heavy atom. The quantitative estimate of drug-likeness (QED) is 0.369. The van der Waals surface area contributed by atoms with Gasteiger partial charge < -0.3 is 19.3 Å². The van der Waals surface area contributed by atoms with E-state index in [1.807, 2.05) is 31.2 Å². The molecule has 2 N–H and O–H groups in total. The molecule has 11 heteroatoms. The smallest absolute Gasteiger partial charge is 0.327 e. The Morgan fingerprint density at radius 3 is 2.37 bits per heavy atom. The Bertz CT molecular complexity index is 1150. The van der Waals surface area contributed by atoms with Crippen LogP contribution in [0.2, 0.25) is 0 Å². The van der Waals surface area contributed by atoms with Crippen molar-refractivity contribution in [3.8, 4) is 11.5 Å². The van der Waals surface area contributed by atoms with Crippen LogP contribution in [0.1, 0.15) is 47.9 Å². The van der Waals surface area contributed by atoms with Gasteiger partial charge in [0.2, 0.25) is 0 Å². The zero-order valence-electron chi connectivity index (χ0n) is 20.1. The van der Waals surface area contributed by atoms with E-state index in [2.05, 4.69) is 20.8 Å². The van der Waals surface area contributed by atoms with Gasteiger partial charge in [0, 0.05) is 6.04 Å². The van der Waals surface area contributed by atoms with E-state index in [4.69, 9.17) is 14.2 Å². The summed E-state index contributed by atoms with van der Waals surface area (Å²) in [6.07, 6.45) is -0.188. The third-order valence-electron chi connectivity index (χ3n) is 5.37. The lowest BCUT2D eigenvalue weighted by Gasteiger charge is -2.26. The molecule has 0 fully saturated rings. The number of carboxylic acid groups (broad SMARTS) is 1. The van der Waals surface area contributed by atoms with Crippen molar-refractivity contribution < 1.29 is 28.9 Å². The molecule has 0 saturated heterocycles. The number of tetrazole rings is 1. The Labute approximate surface area is 203 Å². The van der Waals surface area contributed by atoms with Crippen molar-refractivity contribution in [3.05, 3.63) is 65.0 Å². The zero-order valence-corrected chi connectivity index (χ0v) is 20.1. The Hall–Kier alpha value is -3.99. The second kappa shape index (κ2) is 11.9. The highest BCUT2D eigenvalue weighted by Gasteiger charge is 2.28. The highest BCUT2D eigenvalue weighted by Crippen LogP contribution is 2.33. The zero-order chi connectivity index (χ0) is 25.4. The summed E-state index contributed by atoms with van der Waals surface area (Å²) in [5.41, 5.74) is 2.52. The van der Waals surface area contributed by atoms with E-state index in [-0.39, 0.29) is 19.6 Å². The number of hydrogen-bond acceptors (Lipinski definition) is 9. The van der Waals surface area contributed by atoms with Gasteiger partial charge in [0.05, 0.1) is 33.3 Å². The number of aliphatic carboxylic acids is 1. The second-order valence-corrected chi connectivity index (χ2v) is 7.77. The molecule has 35 heavy (non-hydrogen) atoms. The molecular weight excluding hydrogens is 454 g/mol. The predicted octanol–water partition coefficient (Wildman–Crippen LogP) is 2.46. The van der Waals surface area contributed by atoms with Crippen LogP contribution in [-0.2, 0) is 20.9 Å². The van der Waals surface area contributed by atoms with Crippen molar-refractivity contribution in [2.45, 2.75) is 38.9 Å². The van der Waals surface area contributed by atoms with E-state index in [1.165, 1.54) is 18.9 Å². The number of carbonyl (C=O) groups is 2. The van der Waals surface area contributed by atoms with Crippen LogP contribution in [0.4, 0.5) is 0 Å². The molecule has 3 aromatic rings. The lowest BCUT2D eigenvalue weighted by molar-refractivity contribution is -0.144. The molecule has 0 saturated carbocycles. The van der Waals surface area contributed by atoms with Crippen molar-refractivity contribution in [2.24, 2.45) is 0 Å². The van der Waals surface area contributed by atoms with E-state index in [9.17, 15) is 14.7 Å². The molecule has 0 amide bonds. The minimum absolute atomic E-state index is 0.188. The molecule has 0 bridgehead atoms. The first-order chi connectivity index (χ1) is 16.9. The fraction of sp³-hybridized carbons (Fsp3) is 0.375. The average molecular weight is 484 g/mol. The minimum atomic E-state index is -0.972. The molecule has 2 aromatic carbocycles. The Morgan fingerprint density at radius 1 is 1.06 bits per heavy atom. The molecule has 1 heterocycles. The summed E-state index contributed by atoms with van der Waals surface area (Å²) in [7, 11) is 3.06. The molecule has 186 valence electrons. The summed E-state index contributed by atoms with van der Waals surface area (Å²) in [6, 6.07) is 11.6. The van der Waals surface area contributed by atoms with Crippen LogP contribution in [0.15, 0.2) is 42.5 Å². The van der Waals surface area contributed by atoms with Crippen LogP contribution in [0.5, 0.6) is 11.5 Å². The van der Waals surface area contributed by atoms with Gasteiger partial charge in [-0.1, -0.05) is 35.9 Å². The van der Waals surface area contributed by atoms with Crippen molar-refractivity contribution in [1.82, 2.24) is 25.5 Å². The summed E-state index contributed by atoms with van der Waals surface area (Å²) >= 11 is 0. The number of methoxy groups -OCH3 is 2. The first kappa shape index (κ1) is 25.6. The van der Waals surface area contributed by atoms with Crippen LogP contribution >= 0.6 is 0 Å². The molecule has 0 spiro atoms. The number of carboxylic acids is 1. The number of aromatic nitrogens is 4. The van der Waals surface area contributed by atoms with E-state index in [1.54, 1.807) is 25.1 Å². The Balaban J connectivity index is 2.07. The summed E-state index contributed by atoms with van der Waals surface area (Å²) in [5, 5.41) is 24.9. The number of benzene rings is 2. The average Bonchev–Trinajstić information content (AvgIpc) is 3.29. The summed E-state index contributed by atoms with van der Waals surface area (Å²) in [6.45, 7) is 3.70. The fourth-order valence-corrected chi connectivity index (χ4v) is 3.66. The monoisotopic (exact) mass is 483 g/mol. The maximum Gasteiger partial charge on any atom is 0.327 e. The second-order valence-electron chi connectivity index (χ2n) is 7.77. The van der Waals surface area contributed by atoms with Gasteiger partial charge in [-0.15, -0.1) is 5.10 Å². The number of ether oxygens (including phenoxy) is 3. The number of nitrogens with one attached hydrogen (secondary N) is 1. The molecule has 3 rings (SSSR count). The summed E-state index contributed by atoms with van der Waals surface area (Å²) < 4.78 is 17.2. The molecule has 11 nitrogen and oxygen atoms in total. The first-order valence-electron chi connectivity index (χ1n) is 11.0. The highest BCUT2D eigenvalue weighted by atomic mass is 16.5. The van der Waals surface area contributed by atoms with E-state index >= 15 is 0 Å². The predicted molar refractivity (Wildman–Crippen MR) is 125 cm³/mol. The van der Waals surface area contributed by atoms with Crippen LogP contribution in [0, 0.1) is 6.92 Å². The normalized spacial score (nSPS) is 12.6. The maximum absolute atomic E-state index is 12.2. The van der Waals surface area contributed by atoms with Crippen LogP contribution < -0.4 is 14.8 Å². The number of rotatable bonds is 12. The van der Waals surface area contributed by atoms with Gasteiger partial charge in [0.25, 0.3) is 0 Å². The van der Waals surface area contributed by atoms with E-state index in [0.29, 0.717) is 22.9 Å². The lowest BCUT2D eigenvalue weighted by Crippen LogP contribution is -2.32. The third kappa shape index (κ3) is 6.54. The number of aryl methyl sites for hydroxylation is 1. The van der Waals surface area contributed by atoms with Gasteiger partial charge >= 0.3 is 11.9 Å². The van der Waals surface area contributed by atoms with E-state index < -0.39 is 24.0 Å². The number of nitrogens with zero attached hydrogens (tertiary/aromatic N) is 4. The van der Waals surface area contributed by atoms with Crippen molar-refractivity contribution in [3.63, 3.8) is 0 Å². The highest BCUT2D eigenvalue weighted by molar-refractivity contribution is 5.69. The van der Waals surface area contributed by atoms with Crippen LogP contribution in [0.3, 0.4) is 0 Å². The summed E-state index contributed by atoms with van der Waals surface area (Å²) in [5.74, 6) is -0.145. The topological polar surface area (TPSA) is 138 Å². The molecule has 1 aromatic heterocycles. The SMILES string of the molecule is CCOC(=O)Cn1nnnc1C(NC(CC(=O)O)c1ccc(C)cc1)c1ccc(OC)c(OC)c1. The minimum Gasteiger partial charge on any atom is -0.493 e. The molecule has 2 atom stereocenters. The summed E-state index contributed by atoms with van der Waals surface area (Å²) in [4.78, 5) is 23.9. The van der Waals surface area contributed by atoms with Gasteiger partial charge in [-0.25, -0.2) is 4.68 Å². The van der Waals surface area contributed by atoms with Gasteiger partial charge in [-0.3, -0.25) is 14.9 Å². The van der Waals surface area contributed by atoms with Crippen LogP contribution in [-0.4, -0.2) is 58.1 Å². The van der Waals surface area contributed by atoms with Gasteiger partial charge in [0.15, 0.2) is 17.3 Å². The van der Waals surface area contributed by atoms with Gasteiger partial charge in [0.1, 0.15) is 6.54 Å². The number of esters is 1. The van der Waals surface area contributed by atoms with Crippen molar-refractivity contribution >= 4 is 11.9 Å². The van der Waals surface area contributed by atoms with Crippen molar-refractivity contribution in [1.29, 1.82) is 0 Å². The molecule has 0 aliphatic heterocycles. The fourth-order valence-electron chi connectivity index (χ4n) is 3.66. The molecule has 0 radical (unpaired) electrons. The number of hydrogen-bond donors (Lipinski definition) is 2. The molecule has 0 aliphatic carbocycles. The molecule has 0 aliphatic rings. The van der Waals surface area contributed by atoms with Gasteiger partial charge in [-0.2, -0.15) is 0 Å². The largest absolute Gasteiger partial charge is 0.493 e. The first-order valence-corrected chi connectivity index (χ1v) is 11.0. The lowest BCUT2D eigenvalue weighted by atomic mass is 9.98. The van der Waals surface area contributed by atoms with Gasteiger partial charge in [-0.05, 0) is 47.5 Å². The van der Waals surface area contributed by atoms with E-state index in [0.717, 1.165) is 11.1 Å². The van der Waals surface area contributed by atoms with Crippen LogP contribution in [0.25, 0.3) is 0 Å². The number of carbonyl (C=O) groups excluding carboxylic acids is 1. The maximum atomic E-state index is 12.2. The molecule has 2 unspecified atom stereocenters.